The van der Waals surface area contributed by atoms with E-state index >= 15 is 0 Å². The van der Waals surface area contributed by atoms with E-state index in [2.05, 4.69) is 5.32 Å². The van der Waals surface area contributed by atoms with Crippen LogP contribution in [-0.4, -0.2) is 25.6 Å². The smallest absolute Gasteiger partial charge is 0.306 e. The van der Waals surface area contributed by atoms with Crippen molar-refractivity contribution >= 4 is 17.6 Å². The molecule has 1 amide bonds. The molecule has 0 radical (unpaired) electrons. The largest absolute Gasteiger partial charge is 0.496 e. The maximum absolute atomic E-state index is 12.0. The Bertz CT molecular complexity index is 986. The number of hydrogen-bond acceptors (Lipinski definition) is 5. The maximum Gasteiger partial charge on any atom is 0.306 e. The van der Waals surface area contributed by atoms with Crippen molar-refractivity contribution in [3.8, 4) is 11.5 Å². The lowest BCUT2D eigenvalue weighted by Crippen LogP contribution is -2.21. The van der Waals surface area contributed by atoms with Crippen LogP contribution < -0.4 is 14.8 Å². The van der Waals surface area contributed by atoms with E-state index in [1.54, 1.807) is 31.4 Å². The molecule has 6 heteroatoms. The number of carbonyl (C=O) groups excluding carboxylic acids is 2. The molecule has 6 nitrogen and oxygen atoms in total. The number of methoxy groups -OCH3 is 1. The van der Waals surface area contributed by atoms with Crippen LogP contribution in [0.15, 0.2) is 78.9 Å². The van der Waals surface area contributed by atoms with Gasteiger partial charge in [0.25, 0.3) is 5.91 Å². The zero-order chi connectivity index (χ0) is 21.9. The van der Waals surface area contributed by atoms with Gasteiger partial charge in [-0.25, -0.2) is 0 Å². The van der Waals surface area contributed by atoms with Crippen molar-refractivity contribution in [3.05, 3.63) is 90.0 Å². The molecule has 0 spiro atoms. The minimum Gasteiger partial charge on any atom is -0.496 e. The average molecular weight is 419 g/mol. The fraction of sp³-hybridized carbons (Fsp3) is 0.200. The maximum atomic E-state index is 12.0. The number of amides is 1. The molecule has 3 rings (SSSR count). The fourth-order valence-corrected chi connectivity index (χ4v) is 2.94. The fourth-order valence-electron chi connectivity index (χ4n) is 2.94. The molecule has 0 aliphatic carbocycles. The highest BCUT2D eigenvalue weighted by molar-refractivity contribution is 5.92. The summed E-state index contributed by atoms with van der Waals surface area (Å²) in [6, 6.07) is 24.4. The summed E-state index contributed by atoms with van der Waals surface area (Å²) in [7, 11) is 1.59. The number of para-hydroxylation sites is 1. The topological polar surface area (TPSA) is 73.9 Å². The van der Waals surface area contributed by atoms with Crippen LogP contribution in [0.3, 0.4) is 0 Å². The third-order valence-corrected chi connectivity index (χ3v) is 4.54. The molecular weight excluding hydrogens is 394 g/mol. The van der Waals surface area contributed by atoms with Crippen LogP contribution in [0.1, 0.15) is 17.5 Å². The van der Waals surface area contributed by atoms with Crippen LogP contribution >= 0.6 is 0 Å². The molecule has 0 aliphatic heterocycles. The van der Waals surface area contributed by atoms with Crippen LogP contribution in [0.5, 0.6) is 11.5 Å². The molecule has 0 heterocycles. The van der Waals surface area contributed by atoms with Gasteiger partial charge in [-0.2, -0.15) is 0 Å². The number of ether oxygens (including phenoxy) is 3. The Morgan fingerprint density at radius 3 is 2.32 bits per heavy atom. The SMILES string of the molecule is COc1ccccc1CCC(=O)OCC(=O)Nc1ccc(OCc2ccccc2)cc1. The van der Waals surface area contributed by atoms with Crippen LogP contribution in [0.25, 0.3) is 0 Å². The van der Waals surface area contributed by atoms with Gasteiger partial charge in [0.1, 0.15) is 18.1 Å². The van der Waals surface area contributed by atoms with E-state index in [1.807, 2.05) is 54.6 Å². The molecular formula is C25H25NO5. The van der Waals surface area contributed by atoms with Gasteiger partial charge in [-0.15, -0.1) is 0 Å². The number of carbonyl (C=O) groups is 2. The number of hydrogen-bond donors (Lipinski definition) is 1. The lowest BCUT2D eigenvalue weighted by molar-refractivity contribution is -0.147. The van der Waals surface area contributed by atoms with Crippen LogP contribution in [0.4, 0.5) is 5.69 Å². The number of aryl methyl sites for hydroxylation is 1. The molecule has 0 bridgehead atoms. The average Bonchev–Trinajstić information content (AvgIpc) is 2.82. The van der Waals surface area contributed by atoms with Crippen molar-refractivity contribution in [1.29, 1.82) is 0 Å². The summed E-state index contributed by atoms with van der Waals surface area (Å²) in [6.07, 6.45) is 0.649. The van der Waals surface area contributed by atoms with Crippen molar-refractivity contribution in [2.45, 2.75) is 19.4 Å². The Hall–Kier alpha value is -3.80. The van der Waals surface area contributed by atoms with Crippen LogP contribution in [0.2, 0.25) is 0 Å². The number of rotatable bonds is 10. The summed E-state index contributed by atoms with van der Waals surface area (Å²) < 4.78 is 16.0. The van der Waals surface area contributed by atoms with E-state index in [1.165, 1.54) is 0 Å². The van der Waals surface area contributed by atoms with E-state index in [-0.39, 0.29) is 13.0 Å². The van der Waals surface area contributed by atoms with Crippen molar-refractivity contribution in [2.75, 3.05) is 19.0 Å². The first kappa shape index (κ1) is 21.9. The third kappa shape index (κ3) is 7.19. The number of anilines is 1. The summed E-state index contributed by atoms with van der Waals surface area (Å²) in [4.78, 5) is 24.0. The highest BCUT2D eigenvalue weighted by Crippen LogP contribution is 2.19. The number of benzene rings is 3. The minimum absolute atomic E-state index is 0.168. The summed E-state index contributed by atoms with van der Waals surface area (Å²) in [6.45, 7) is 0.133. The highest BCUT2D eigenvalue weighted by Gasteiger charge is 2.10. The van der Waals surface area contributed by atoms with Gasteiger partial charge in [-0.05, 0) is 47.9 Å². The molecule has 0 unspecified atom stereocenters. The quantitative estimate of drug-likeness (QED) is 0.494. The number of esters is 1. The molecule has 0 aliphatic rings. The minimum atomic E-state index is -0.439. The van der Waals surface area contributed by atoms with Gasteiger partial charge < -0.3 is 19.5 Å². The van der Waals surface area contributed by atoms with Gasteiger partial charge in [0.05, 0.1) is 7.11 Å². The summed E-state index contributed by atoms with van der Waals surface area (Å²) >= 11 is 0. The summed E-state index contributed by atoms with van der Waals surface area (Å²) in [5, 5.41) is 2.70. The predicted molar refractivity (Wildman–Crippen MR) is 118 cm³/mol. The first-order valence-corrected chi connectivity index (χ1v) is 9.98. The Labute approximate surface area is 181 Å². The Morgan fingerprint density at radius 2 is 1.58 bits per heavy atom. The predicted octanol–water partition coefficient (Wildman–Crippen LogP) is 4.39. The molecule has 160 valence electrons. The first-order chi connectivity index (χ1) is 15.1. The van der Waals surface area contributed by atoms with Gasteiger partial charge in [0.2, 0.25) is 0 Å². The molecule has 3 aromatic rings. The molecule has 0 aromatic heterocycles. The van der Waals surface area contributed by atoms with Gasteiger partial charge in [0, 0.05) is 12.1 Å². The highest BCUT2D eigenvalue weighted by atomic mass is 16.5. The van der Waals surface area contributed by atoms with Gasteiger partial charge in [-0.1, -0.05) is 48.5 Å². The van der Waals surface area contributed by atoms with Crippen molar-refractivity contribution in [2.24, 2.45) is 0 Å². The second-order valence-electron chi connectivity index (χ2n) is 6.82. The number of nitrogens with one attached hydrogen (secondary N) is 1. The van der Waals surface area contributed by atoms with Gasteiger partial charge >= 0.3 is 5.97 Å². The van der Waals surface area contributed by atoms with Crippen molar-refractivity contribution in [1.82, 2.24) is 0 Å². The molecule has 31 heavy (non-hydrogen) atoms. The molecule has 3 aromatic carbocycles. The second kappa shape index (κ2) is 11.4. The van der Waals surface area contributed by atoms with E-state index in [9.17, 15) is 9.59 Å². The lowest BCUT2D eigenvalue weighted by Gasteiger charge is -2.10. The monoisotopic (exact) mass is 419 g/mol. The lowest BCUT2D eigenvalue weighted by atomic mass is 10.1. The molecule has 0 saturated carbocycles. The van der Waals surface area contributed by atoms with E-state index in [0.29, 0.717) is 24.5 Å². The zero-order valence-electron chi connectivity index (χ0n) is 17.4. The molecule has 0 fully saturated rings. The Kier molecular flexibility index (Phi) is 8.05. The van der Waals surface area contributed by atoms with E-state index in [0.717, 1.165) is 16.9 Å². The second-order valence-corrected chi connectivity index (χ2v) is 6.82. The Morgan fingerprint density at radius 1 is 0.871 bits per heavy atom. The van der Waals surface area contributed by atoms with E-state index < -0.39 is 11.9 Å². The van der Waals surface area contributed by atoms with E-state index in [4.69, 9.17) is 14.2 Å². The zero-order valence-corrected chi connectivity index (χ0v) is 17.4. The molecule has 1 N–H and O–H groups in total. The molecule has 0 atom stereocenters. The van der Waals surface area contributed by atoms with Crippen LogP contribution in [-0.2, 0) is 27.4 Å². The van der Waals surface area contributed by atoms with Gasteiger partial charge in [-0.3, -0.25) is 9.59 Å². The normalized spacial score (nSPS) is 10.2. The van der Waals surface area contributed by atoms with Crippen LogP contribution in [0, 0.1) is 0 Å². The van der Waals surface area contributed by atoms with Gasteiger partial charge in [0.15, 0.2) is 6.61 Å². The van der Waals surface area contributed by atoms with Crippen molar-refractivity contribution < 1.29 is 23.8 Å². The van der Waals surface area contributed by atoms with Crippen molar-refractivity contribution in [3.63, 3.8) is 0 Å². The third-order valence-electron chi connectivity index (χ3n) is 4.54. The first-order valence-electron chi connectivity index (χ1n) is 9.98. The Balaban J connectivity index is 1.38. The summed E-state index contributed by atoms with van der Waals surface area (Å²) in [5.41, 5.74) is 2.59. The summed E-state index contributed by atoms with van der Waals surface area (Å²) in [5.74, 6) is 0.586. The standard InChI is InChI=1S/C25H25NO5/c1-29-23-10-6-5-9-20(23)11-16-25(28)31-18-24(27)26-21-12-14-22(15-13-21)30-17-19-7-3-2-4-8-19/h2-10,12-15H,11,16-18H2,1H3,(H,26,27). The molecule has 0 saturated heterocycles.